The van der Waals surface area contributed by atoms with E-state index in [0.717, 1.165) is 5.56 Å². The zero-order chi connectivity index (χ0) is 14.5. The van der Waals surface area contributed by atoms with Crippen molar-refractivity contribution in [1.29, 1.82) is 5.26 Å². The molecule has 0 aliphatic heterocycles. The molecular weight excluding hydrogens is 254 g/mol. The van der Waals surface area contributed by atoms with Crippen molar-refractivity contribution in [3.63, 3.8) is 0 Å². The summed E-state index contributed by atoms with van der Waals surface area (Å²) in [7, 11) is 0. The molecule has 20 heavy (non-hydrogen) atoms. The van der Waals surface area contributed by atoms with Crippen LogP contribution in [0.3, 0.4) is 0 Å². The van der Waals surface area contributed by atoms with E-state index in [1.807, 2.05) is 0 Å². The van der Waals surface area contributed by atoms with Gasteiger partial charge in [0.1, 0.15) is 5.56 Å². The van der Waals surface area contributed by atoms with E-state index < -0.39 is 5.91 Å². The van der Waals surface area contributed by atoms with Gasteiger partial charge in [0.25, 0.3) is 5.91 Å². The number of nitrogens with zero attached hydrogens (tertiary/aromatic N) is 1. The molecule has 0 bridgehead atoms. The summed E-state index contributed by atoms with van der Waals surface area (Å²) in [6.45, 7) is 1.75. The predicted molar refractivity (Wildman–Crippen MR) is 75.5 cm³/mol. The van der Waals surface area contributed by atoms with E-state index in [1.54, 1.807) is 31.2 Å². The van der Waals surface area contributed by atoms with Gasteiger partial charge >= 0.3 is 0 Å². The summed E-state index contributed by atoms with van der Waals surface area (Å²) in [4.78, 5) is 26.5. The van der Waals surface area contributed by atoms with Gasteiger partial charge in [0, 0.05) is 23.6 Å². The molecule has 1 aromatic carbocycles. The van der Waals surface area contributed by atoms with Crippen molar-refractivity contribution in [3.05, 3.63) is 63.6 Å². The number of aromatic amines is 1. The Balaban J connectivity index is 2.15. The van der Waals surface area contributed by atoms with E-state index in [0.29, 0.717) is 17.8 Å². The number of aryl methyl sites for hydroxylation is 1. The third-order valence-corrected chi connectivity index (χ3v) is 2.80. The minimum atomic E-state index is -0.459. The quantitative estimate of drug-likeness (QED) is 0.891. The Bertz CT molecular complexity index is 724. The summed E-state index contributed by atoms with van der Waals surface area (Å²) in [5, 5.41) is 11.2. The van der Waals surface area contributed by atoms with Gasteiger partial charge in [0.2, 0.25) is 0 Å². The molecule has 5 heteroatoms. The standard InChI is InChI=1S/C15H13N3O2/c1-10-8-14(19)13(9-17-10)15(20)18-12-4-2-11(3-5-12)6-7-16/h2-5,8-9H,6H2,1H3,(H,17,19)(H,18,20). The maximum absolute atomic E-state index is 12.0. The van der Waals surface area contributed by atoms with Gasteiger partial charge in [0.15, 0.2) is 5.43 Å². The molecule has 0 radical (unpaired) electrons. The molecule has 2 rings (SSSR count). The highest BCUT2D eigenvalue weighted by atomic mass is 16.2. The first-order valence-electron chi connectivity index (χ1n) is 6.07. The second kappa shape index (κ2) is 5.85. The van der Waals surface area contributed by atoms with Gasteiger partial charge in [-0.3, -0.25) is 9.59 Å². The summed E-state index contributed by atoms with van der Waals surface area (Å²) in [6.07, 6.45) is 1.73. The Morgan fingerprint density at radius 3 is 2.65 bits per heavy atom. The second-order valence-corrected chi connectivity index (χ2v) is 4.38. The highest BCUT2D eigenvalue weighted by molar-refractivity contribution is 6.03. The van der Waals surface area contributed by atoms with Crippen LogP contribution in [0.25, 0.3) is 0 Å². The molecule has 1 heterocycles. The van der Waals surface area contributed by atoms with Crippen LogP contribution in [0.15, 0.2) is 41.3 Å². The molecule has 2 aromatic rings. The van der Waals surface area contributed by atoms with Gasteiger partial charge in [0.05, 0.1) is 12.5 Å². The zero-order valence-electron chi connectivity index (χ0n) is 10.9. The van der Waals surface area contributed by atoms with Gasteiger partial charge in [-0.25, -0.2) is 0 Å². The Labute approximate surface area is 115 Å². The number of benzene rings is 1. The van der Waals surface area contributed by atoms with Crippen LogP contribution in [0.5, 0.6) is 0 Å². The first-order valence-corrected chi connectivity index (χ1v) is 6.07. The van der Waals surface area contributed by atoms with Crippen LogP contribution in [-0.4, -0.2) is 10.9 Å². The molecule has 0 spiro atoms. The van der Waals surface area contributed by atoms with E-state index in [4.69, 9.17) is 5.26 Å². The maximum atomic E-state index is 12.0. The third kappa shape index (κ3) is 3.12. The predicted octanol–water partition coefficient (Wildman–Crippen LogP) is 2.00. The van der Waals surface area contributed by atoms with Gasteiger partial charge in [-0.15, -0.1) is 0 Å². The molecule has 0 saturated heterocycles. The molecule has 100 valence electrons. The lowest BCUT2D eigenvalue weighted by atomic mass is 10.1. The van der Waals surface area contributed by atoms with E-state index >= 15 is 0 Å². The van der Waals surface area contributed by atoms with Gasteiger partial charge in [-0.05, 0) is 24.6 Å². The maximum Gasteiger partial charge on any atom is 0.261 e. The van der Waals surface area contributed by atoms with Crippen molar-refractivity contribution in [2.24, 2.45) is 0 Å². The van der Waals surface area contributed by atoms with E-state index in [9.17, 15) is 9.59 Å². The van der Waals surface area contributed by atoms with Crippen molar-refractivity contribution < 1.29 is 4.79 Å². The average Bonchev–Trinajstić information content (AvgIpc) is 2.41. The highest BCUT2D eigenvalue weighted by Crippen LogP contribution is 2.10. The molecule has 1 aromatic heterocycles. The highest BCUT2D eigenvalue weighted by Gasteiger charge is 2.10. The number of carbonyl (C=O) groups is 1. The second-order valence-electron chi connectivity index (χ2n) is 4.38. The fourth-order valence-electron chi connectivity index (χ4n) is 1.75. The lowest BCUT2D eigenvalue weighted by Crippen LogP contribution is -2.21. The molecule has 2 N–H and O–H groups in total. The molecule has 1 amide bonds. The molecule has 0 aliphatic carbocycles. The number of hydrogen-bond donors (Lipinski definition) is 2. The number of nitrogens with one attached hydrogen (secondary N) is 2. The number of aromatic nitrogens is 1. The van der Waals surface area contributed by atoms with E-state index in [-0.39, 0.29) is 11.0 Å². The van der Waals surface area contributed by atoms with Crippen LogP contribution in [0.2, 0.25) is 0 Å². The monoisotopic (exact) mass is 267 g/mol. The van der Waals surface area contributed by atoms with Crippen molar-refractivity contribution in [2.75, 3.05) is 5.32 Å². The van der Waals surface area contributed by atoms with Gasteiger partial charge in [-0.1, -0.05) is 12.1 Å². The molecule has 0 saturated carbocycles. The first kappa shape index (κ1) is 13.6. The molecule has 5 nitrogen and oxygen atoms in total. The Hall–Kier alpha value is -2.87. The number of H-pyrrole nitrogens is 1. The summed E-state index contributed by atoms with van der Waals surface area (Å²) in [5.41, 5.74) is 1.90. The number of carbonyl (C=O) groups excluding carboxylic acids is 1. The fourth-order valence-corrected chi connectivity index (χ4v) is 1.75. The number of amides is 1. The summed E-state index contributed by atoms with van der Waals surface area (Å²) in [6, 6.07) is 10.4. The first-order chi connectivity index (χ1) is 9.60. The number of rotatable bonds is 3. The number of anilines is 1. The number of nitriles is 1. The van der Waals surface area contributed by atoms with Crippen molar-refractivity contribution in [2.45, 2.75) is 13.3 Å². The summed E-state index contributed by atoms with van der Waals surface area (Å²) < 4.78 is 0. The number of hydrogen-bond acceptors (Lipinski definition) is 3. The topological polar surface area (TPSA) is 85.8 Å². The molecular formula is C15H13N3O2. The zero-order valence-corrected chi connectivity index (χ0v) is 10.9. The van der Waals surface area contributed by atoms with Crippen LogP contribution >= 0.6 is 0 Å². The Morgan fingerprint density at radius 1 is 1.35 bits per heavy atom. The summed E-state index contributed by atoms with van der Waals surface area (Å²) >= 11 is 0. The molecule has 0 atom stereocenters. The van der Waals surface area contributed by atoms with Gasteiger partial charge < -0.3 is 10.3 Å². The smallest absolute Gasteiger partial charge is 0.261 e. The lowest BCUT2D eigenvalue weighted by molar-refractivity contribution is 0.102. The molecule has 0 aliphatic rings. The lowest BCUT2D eigenvalue weighted by Gasteiger charge is -2.05. The average molecular weight is 267 g/mol. The normalized spacial score (nSPS) is 9.80. The minimum absolute atomic E-state index is 0.0664. The SMILES string of the molecule is Cc1cc(=O)c(C(=O)Nc2ccc(CC#N)cc2)c[nH]1. The molecule has 0 unspecified atom stereocenters. The fraction of sp³-hybridized carbons (Fsp3) is 0.133. The molecule has 0 fully saturated rings. The summed E-state index contributed by atoms with van der Waals surface area (Å²) in [5.74, 6) is -0.459. The van der Waals surface area contributed by atoms with Crippen LogP contribution in [0, 0.1) is 18.3 Å². The van der Waals surface area contributed by atoms with Crippen LogP contribution < -0.4 is 10.7 Å². The van der Waals surface area contributed by atoms with Crippen LogP contribution in [-0.2, 0) is 6.42 Å². The van der Waals surface area contributed by atoms with Crippen molar-refractivity contribution in [1.82, 2.24) is 4.98 Å². The van der Waals surface area contributed by atoms with E-state index in [2.05, 4.69) is 16.4 Å². The van der Waals surface area contributed by atoms with Crippen molar-refractivity contribution >= 4 is 11.6 Å². The Morgan fingerprint density at radius 2 is 2.05 bits per heavy atom. The van der Waals surface area contributed by atoms with E-state index in [1.165, 1.54) is 12.3 Å². The Kier molecular flexibility index (Phi) is 3.96. The third-order valence-electron chi connectivity index (χ3n) is 2.80. The minimum Gasteiger partial charge on any atom is -0.364 e. The van der Waals surface area contributed by atoms with Crippen LogP contribution in [0.1, 0.15) is 21.6 Å². The number of pyridine rings is 1. The van der Waals surface area contributed by atoms with Crippen LogP contribution in [0.4, 0.5) is 5.69 Å². The van der Waals surface area contributed by atoms with Crippen molar-refractivity contribution in [3.8, 4) is 6.07 Å². The van der Waals surface area contributed by atoms with Gasteiger partial charge in [-0.2, -0.15) is 5.26 Å². The largest absolute Gasteiger partial charge is 0.364 e.